The first-order valence-corrected chi connectivity index (χ1v) is 7.77. The Labute approximate surface area is 139 Å². The monoisotopic (exact) mass is 314 g/mol. The summed E-state index contributed by atoms with van der Waals surface area (Å²) in [5.74, 6) is -0.231. The number of aromatic nitrogens is 2. The molecule has 0 atom stereocenters. The van der Waals surface area contributed by atoms with Crippen LogP contribution in [0.5, 0.6) is 0 Å². The van der Waals surface area contributed by atoms with E-state index in [0.717, 1.165) is 28.1 Å². The average Bonchev–Trinajstić information content (AvgIpc) is 3.12. The molecule has 116 valence electrons. The maximum atomic E-state index is 14.3. The Bertz CT molecular complexity index is 974. The lowest BCUT2D eigenvalue weighted by atomic mass is 9.95. The van der Waals surface area contributed by atoms with Crippen LogP contribution in [0.1, 0.15) is 0 Å². The third-order valence-electron chi connectivity index (χ3n) is 4.05. The van der Waals surface area contributed by atoms with Gasteiger partial charge < -0.3 is 4.98 Å². The van der Waals surface area contributed by atoms with Crippen LogP contribution >= 0.6 is 0 Å². The number of hydrogen-bond acceptors (Lipinski definition) is 1. The summed E-state index contributed by atoms with van der Waals surface area (Å²) in [6.07, 6.45) is 1.68. The van der Waals surface area contributed by atoms with Gasteiger partial charge in [0.15, 0.2) is 0 Å². The first-order chi connectivity index (χ1) is 11.8. The minimum Gasteiger partial charge on any atom is -0.344 e. The van der Waals surface area contributed by atoms with E-state index in [4.69, 9.17) is 0 Å². The first kappa shape index (κ1) is 14.4. The molecule has 3 heteroatoms. The van der Waals surface area contributed by atoms with Gasteiger partial charge in [-0.15, -0.1) is 0 Å². The highest BCUT2D eigenvalue weighted by molar-refractivity contribution is 5.88. The van der Waals surface area contributed by atoms with Gasteiger partial charge in [-0.25, -0.2) is 9.37 Å². The maximum Gasteiger partial charge on any atom is 0.131 e. The van der Waals surface area contributed by atoms with Crippen LogP contribution in [0.25, 0.3) is 33.6 Å². The Morgan fingerprint density at radius 1 is 0.667 bits per heavy atom. The molecule has 3 aromatic carbocycles. The van der Waals surface area contributed by atoms with Crippen molar-refractivity contribution < 1.29 is 4.39 Å². The molecule has 0 aliphatic carbocycles. The van der Waals surface area contributed by atoms with Crippen molar-refractivity contribution in [1.29, 1.82) is 0 Å². The average molecular weight is 314 g/mol. The minimum atomic E-state index is -0.231. The topological polar surface area (TPSA) is 28.7 Å². The highest BCUT2D eigenvalue weighted by Gasteiger charge is 2.15. The van der Waals surface area contributed by atoms with Crippen molar-refractivity contribution in [3.63, 3.8) is 0 Å². The zero-order valence-corrected chi connectivity index (χ0v) is 12.9. The largest absolute Gasteiger partial charge is 0.344 e. The summed E-state index contributed by atoms with van der Waals surface area (Å²) in [5.41, 5.74) is 5.13. The second-order valence-corrected chi connectivity index (χ2v) is 5.52. The standard InChI is InChI=1S/C21H15FN2/c22-19-13-7-6-11-17(19)16-10-4-5-12-18(16)21-20(23-14-24-21)15-8-2-1-3-9-15/h1-14H,(H,23,24). The Kier molecular flexibility index (Phi) is 3.67. The van der Waals surface area contributed by atoms with Crippen LogP contribution in [0, 0.1) is 5.82 Å². The minimum absolute atomic E-state index is 0.231. The van der Waals surface area contributed by atoms with Crippen molar-refractivity contribution in [2.24, 2.45) is 0 Å². The van der Waals surface area contributed by atoms with E-state index in [1.54, 1.807) is 18.5 Å². The van der Waals surface area contributed by atoms with Crippen LogP contribution in [0.15, 0.2) is 85.2 Å². The molecule has 4 rings (SSSR count). The Hall–Kier alpha value is -3.20. The van der Waals surface area contributed by atoms with E-state index in [0.29, 0.717) is 5.56 Å². The van der Waals surface area contributed by atoms with E-state index in [9.17, 15) is 4.39 Å². The predicted molar refractivity (Wildman–Crippen MR) is 94.9 cm³/mol. The van der Waals surface area contributed by atoms with E-state index in [-0.39, 0.29) is 5.82 Å². The Morgan fingerprint density at radius 2 is 1.29 bits per heavy atom. The Balaban J connectivity index is 1.92. The van der Waals surface area contributed by atoms with Crippen LogP contribution in [0.2, 0.25) is 0 Å². The summed E-state index contributed by atoms with van der Waals surface area (Å²) in [5, 5.41) is 0. The third kappa shape index (κ3) is 2.50. The molecule has 0 aliphatic rings. The molecule has 4 aromatic rings. The van der Waals surface area contributed by atoms with Crippen LogP contribution in [0.4, 0.5) is 4.39 Å². The second kappa shape index (κ2) is 6.13. The van der Waals surface area contributed by atoms with Gasteiger partial charge in [-0.3, -0.25) is 0 Å². The summed E-state index contributed by atoms with van der Waals surface area (Å²) in [6.45, 7) is 0. The molecule has 0 saturated carbocycles. The van der Waals surface area contributed by atoms with Crippen LogP contribution in [0.3, 0.4) is 0 Å². The molecule has 0 spiro atoms. The molecular formula is C21H15FN2. The lowest BCUT2D eigenvalue weighted by Gasteiger charge is -2.11. The molecule has 0 radical (unpaired) electrons. The fourth-order valence-corrected chi connectivity index (χ4v) is 2.93. The molecule has 1 N–H and O–H groups in total. The summed E-state index contributed by atoms with van der Waals surface area (Å²) in [4.78, 5) is 7.69. The molecule has 24 heavy (non-hydrogen) atoms. The predicted octanol–water partition coefficient (Wildman–Crippen LogP) is 5.55. The van der Waals surface area contributed by atoms with Gasteiger partial charge in [0.2, 0.25) is 0 Å². The highest BCUT2D eigenvalue weighted by Crippen LogP contribution is 2.36. The molecule has 1 heterocycles. The smallest absolute Gasteiger partial charge is 0.131 e. The van der Waals surface area contributed by atoms with Crippen molar-refractivity contribution in [1.82, 2.24) is 9.97 Å². The number of hydrogen-bond donors (Lipinski definition) is 1. The number of benzene rings is 3. The van der Waals surface area contributed by atoms with Crippen molar-refractivity contribution in [2.45, 2.75) is 0 Å². The van der Waals surface area contributed by atoms with Gasteiger partial charge in [-0.1, -0.05) is 72.8 Å². The Morgan fingerprint density at radius 3 is 2.04 bits per heavy atom. The molecule has 0 saturated heterocycles. The van der Waals surface area contributed by atoms with E-state index in [2.05, 4.69) is 9.97 Å². The summed E-state index contributed by atoms with van der Waals surface area (Å²) in [6, 6.07) is 24.6. The molecule has 0 amide bonds. The number of imidazole rings is 1. The quantitative estimate of drug-likeness (QED) is 0.527. The van der Waals surface area contributed by atoms with E-state index in [1.807, 2.05) is 60.7 Å². The normalized spacial score (nSPS) is 10.7. The molecule has 0 bridgehead atoms. The highest BCUT2D eigenvalue weighted by atomic mass is 19.1. The van der Waals surface area contributed by atoms with Crippen molar-refractivity contribution in [2.75, 3.05) is 0 Å². The zero-order chi connectivity index (χ0) is 16.4. The number of rotatable bonds is 3. The molecule has 1 aromatic heterocycles. The van der Waals surface area contributed by atoms with Crippen molar-refractivity contribution in [3.8, 4) is 33.6 Å². The molecule has 0 aliphatic heterocycles. The van der Waals surface area contributed by atoms with Gasteiger partial charge in [0.25, 0.3) is 0 Å². The summed E-state index contributed by atoms with van der Waals surface area (Å²) in [7, 11) is 0. The van der Waals surface area contributed by atoms with E-state index in [1.165, 1.54) is 6.07 Å². The number of H-pyrrole nitrogens is 1. The van der Waals surface area contributed by atoms with Gasteiger partial charge in [0, 0.05) is 16.7 Å². The first-order valence-electron chi connectivity index (χ1n) is 7.77. The van der Waals surface area contributed by atoms with Gasteiger partial charge in [-0.05, 0) is 11.6 Å². The lowest BCUT2D eigenvalue weighted by molar-refractivity contribution is 0.631. The third-order valence-corrected chi connectivity index (χ3v) is 4.05. The van der Waals surface area contributed by atoms with Crippen LogP contribution in [-0.2, 0) is 0 Å². The van der Waals surface area contributed by atoms with E-state index < -0.39 is 0 Å². The van der Waals surface area contributed by atoms with Crippen molar-refractivity contribution >= 4 is 0 Å². The molecule has 2 nitrogen and oxygen atoms in total. The summed E-state index contributed by atoms with van der Waals surface area (Å²) >= 11 is 0. The summed E-state index contributed by atoms with van der Waals surface area (Å²) < 4.78 is 14.3. The second-order valence-electron chi connectivity index (χ2n) is 5.52. The maximum absolute atomic E-state index is 14.3. The molecule has 0 unspecified atom stereocenters. The number of halogens is 1. The number of nitrogens with zero attached hydrogens (tertiary/aromatic N) is 1. The van der Waals surface area contributed by atoms with Gasteiger partial charge >= 0.3 is 0 Å². The van der Waals surface area contributed by atoms with Gasteiger partial charge in [0.1, 0.15) is 5.82 Å². The van der Waals surface area contributed by atoms with Crippen molar-refractivity contribution in [3.05, 3.63) is 91.0 Å². The fourth-order valence-electron chi connectivity index (χ4n) is 2.93. The number of nitrogens with one attached hydrogen (secondary N) is 1. The zero-order valence-electron chi connectivity index (χ0n) is 12.9. The lowest BCUT2D eigenvalue weighted by Crippen LogP contribution is -1.90. The SMILES string of the molecule is Fc1ccccc1-c1ccccc1-c1[nH]cnc1-c1ccccc1. The number of aromatic amines is 1. The van der Waals surface area contributed by atoms with Gasteiger partial charge in [-0.2, -0.15) is 0 Å². The van der Waals surface area contributed by atoms with E-state index >= 15 is 0 Å². The van der Waals surface area contributed by atoms with Gasteiger partial charge in [0.05, 0.1) is 17.7 Å². The molecule has 0 fully saturated rings. The molecular weight excluding hydrogens is 299 g/mol. The van der Waals surface area contributed by atoms with Crippen LogP contribution < -0.4 is 0 Å². The fraction of sp³-hybridized carbons (Fsp3) is 0. The van der Waals surface area contributed by atoms with Crippen LogP contribution in [-0.4, -0.2) is 9.97 Å².